The average molecular weight is 1140 g/mol. The summed E-state index contributed by atoms with van der Waals surface area (Å²) in [7, 11) is 0. The lowest BCUT2D eigenvalue weighted by molar-refractivity contribution is -0.302. The molecule has 7 unspecified atom stereocenters. The van der Waals surface area contributed by atoms with Gasteiger partial charge in [-0.15, -0.1) is 0 Å². The first-order chi connectivity index (χ1) is 39.7. The zero-order valence-corrected chi connectivity index (χ0v) is 51.7. The molecule has 1 aliphatic heterocycles. The molecule has 1 amide bonds. The molecule has 11 heteroatoms. The molecule has 1 rings (SSSR count). The highest BCUT2D eigenvalue weighted by molar-refractivity contribution is 5.76. The standard InChI is InChI=1S/C70H123NO10/c1-3-5-7-9-11-13-15-16-35-38-42-46-50-54-58-66(75)79-59-55-51-47-43-39-36-33-31-29-27-25-23-21-19-17-18-20-22-24-26-28-30-32-34-37-41-45-49-53-57-65(74)71-62(61-80-70-69(78)68(77)67(76)64(60-72)81-70)63(73)56-52-48-44-40-14-12-10-8-6-4-2/h6,8-9,11,14-17,19,23,25,40,52,56,62-64,67-70,72-73,76-78H,3-5,7,10,12-13,18,20-22,24,26-39,41-51,53-55,57-61H2,1-2H3,(H,71,74)/b8-6+,11-9-,16-15-,19-17-,25-23-,40-14+,56-52+. The molecule has 81 heavy (non-hydrogen) atoms. The predicted molar refractivity (Wildman–Crippen MR) is 338 cm³/mol. The summed E-state index contributed by atoms with van der Waals surface area (Å²) in [5.41, 5.74) is 0. The highest BCUT2D eigenvalue weighted by atomic mass is 16.7. The van der Waals surface area contributed by atoms with Gasteiger partial charge in [0, 0.05) is 12.8 Å². The van der Waals surface area contributed by atoms with Gasteiger partial charge < -0.3 is 45.1 Å². The van der Waals surface area contributed by atoms with Gasteiger partial charge in [-0.3, -0.25) is 9.59 Å². The van der Waals surface area contributed by atoms with Crippen LogP contribution < -0.4 is 5.32 Å². The summed E-state index contributed by atoms with van der Waals surface area (Å²) < 4.78 is 16.7. The molecular formula is C70H123NO10. The van der Waals surface area contributed by atoms with E-state index < -0.39 is 49.5 Å². The summed E-state index contributed by atoms with van der Waals surface area (Å²) >= 11 is 0. The second-order valence-corrected chi connectivity index (χ2v) is 22.8. The van der Waals surface area contributed by atoms with E-state index in [-0.39, 0.29) is 18.5 Å². The lowest BCUT2D eigenvalue weighted by Gasteiger charge is -2.40. The minimum Gasteiger partial charge on any atom is -0.466 e. The molecule has 0 radical (unpaired) electrons. The van der Waals surface area contributed by atoms with Gasteiger partial charge in [0.05, 0.1) is 32.0 Å². The number of aliphatic hydroxyl groups excluding tert-OH is 5. The fraction of sp³-hybridized carbons (Fsp3) is 0.771. The van der Waals surface area contributed by atoms with Crippen molar-refractivity contribution in [3.8, 4) is 0 Å². The third kappa shape index (κ3) is 47.8. The van der Waals surface area contributed by atoms with Crippen LogP contribution in [0, 0.1) is 0 Å². The largest absolute Gasteiger partial charge is 0.466 e. The molecule has 7 atom stereocenters. The quantitative estimate of drug-likeness (QED) is 0.0195. The first-order valence-corrected chi connectivity index (χ1v) is 33.4. The van der Waals surface area contributed by atoms with E-state index in [9.17, 15) is 35.1 Å². The van der Waals surface area contributed by atoms with E-state index in [2.05, 4.69) is 92.1 Å². The Morgan fingerprint density at radius 2 is 0.877 bits per heavy atom. The van der Waals surface area contributed by atoms with E-state index in [0.29, 0.717) is 19.4 Å². The molecule has 11 nitrogen and oxygen atoms in total. The number of hydrogen-bond donors (Lipinski definition) is 6. The molecule has 0 bridgehead atoms. The number of carbonyl (C=O) groups excluding carboxylic acids is 2. The van der Waals surface area contributed by atoms with Crippen LogP contribution in [0.5, 0.6) is 0 Å². The summed E-state index contributed by atoms with van der Waals surface area (Å²) in [6.07, 6.45) is 70.1. The molecule has 0 aliphatic carbocycles. The number of hydrogen-bond acceptors (Lipinski definition) is 10. The molecule has 1 aliphatic rings. The van der Waals surface area contributed by atoms with Gasteiger partial charge >= 0.3 is 5.97 Å². The van der Waals surface area contributed by atoms with Gasteiger partial charge in [-0.2, -0.15) is 0 Å². The molecule has 1 fully saturated rings. The maximum Gasteiger partial charge on any atom is 0.305 e. The molecule has 0 spiro atoms. The fourth-order valence-corrected chi connectivity index (χ4v) is 9.93. The molecule has 0 saturated carbocycles. The van der Waals surface area contributed by atoms with Crippen molar-refractivity contribution in [2.75, 3.05) is 19.8 Å². The van der Waals surface area contributed by atoms with Crippen molar-refractivity contribution >= 4 is 11.9 Å². The molecule has 0 aromatic carbocycles. The summed E-state index contributed by atoms with van der Waals surface area (Å²) in [6, 6.07) is -0.836. The molecular weight excluding hydrogens is 1010 g/mol. The maximum absolute atomic E-state index is 13.0. The number of allylic oxidation sites excluding steroid dienone is 13. The smallest absolute Gasteiger partial charge is 0.305 e. The maximum atomic E-state index is 13.0. The van der Waals surface area contributed by atoms with Gasteiger partial charge in [-0.1, -0.05) is 247 Å². The molecule has 468 valence electrons. The second-order valence-electron chi connectivity index (χ2n) is 22.8. The molecule has 1 saturated heterocycles. The van der Waals surface area contributed by atoms with Crippen molar-refractivity contribution in [2.45, 2.75) is 326 Å². The van der Waals surface area contributed by atoms with Crippen LogP contribution in [0.25, 0.3) is 0 Å². The van der Waals surface area contributed by atoms with Gasteiger partial charge in [0.15, 0.2) is 6.29 Å². The minimum atomic E-state index is -1.58. The third-order valence-electron chi connectivity index (χ3n) is 15.2. The predicted octanol–water partition coefficient (Wildman–Crippen LogP) is 16.5. The van der Waals surface area contributed by atoms with Gasteiger partial charge in [0.1, 0.15) is 24.4 Å². The summed E-state index contributed by atoms with van der Waals surface area (Å²) in [5, 5.41) is 54.3. The summed E-state index contributed by atoms with van der Waals surface area (Å²) in [4.78, 5) is 25.1. The number of ether oxygens (including phenoxy) is 3. The number of unbranched alkanes of at least 4 members (excludes halogenated alkanes) is 31. The van der Waals surface area contributed by atoms with Crippen molar-refractivity contribution in [3.63, 3.8) is 0 Å². The van der Waals surface area contributed by atoms with Crippen molar-refractivity contribution in [2.24, 2.45) is 0 Å². The SMILES string of the molecule is CC/C=C/CC/C=C/CC/C=C/C(O)C(COC1OC(CO)C(O)C(O)C1O)NC(=O)CCCCCCCCCCCCCCC/C=C\C/C=C\CCCCCCCCCCCOC(=O)CCCCCCC/C=C\C/C=C\CCCC. The first kappa shape index (κ1) is 75.9. The Bertz CT molecular complexity index is 1620. The van der Waals surface area contributed by atoms with Crippen LogP contribution in [-0.2, 0) is 23.8 Å². The van der Waals surface area contributed by atoms with Crippen LogP contribution >= 0.6 is 0 Å². The van der Waals surface area contributed by atoms with Crippen LogP contribution in [0.1, 0.15) is 284 Å². The normalized spacial score (nSPS) is 18.8. The van der Waals surface area contributed by atoms with E-state index in [0.717, 1.165) is 89.9 Å². The van der Waals surface area contributed by atoms with Crippen LogP contribution in [-0.4, -0.2) is 100 Å². The van der Waals surface area contributed by atoms with E-state index in [1.54, 1.807) is 6.08 Å². The highest BCUT2D eigenvalue weighted by Gasteiger charge is 2.44. The average Bonchev–Trinajstić information content (AvgIpc) is 3.51. The fourth-order valence-electron chi connectivity index (χ4n) is 9.93. The highest BCUT2D eigenvalue weighted by Crippen LogP contribution is 2.23. The number of amides is 1. The minimum absolute atomic E-state index is 0.0128. The lowest BCUT2D eigenvalue weighted by Crippen LogP contribution is -2.60. The van der Waals surface area contributed by atoms with Crippen molar-refractivity contribution < 1.29 is 49.3 Å². The van der Waals surface area contributed by atoms with E-state index >= 15 is 0 Å². The second kappa shape index (κ2) is 58.6. The monoisotopic (exact) mass is 1140 g/mol. The van der Waals surface area contributed by atoms with Crippen molar-refractivity contribution in [3.05, 3.63) is 85.1 Å². The van der Waals surface area contributed by atoms with Crippen LogP contribution in [0.15, 0.2) is 85.1 Å². The Balaban J connectivity index is 1.97. The third-order valence-corrected chi connectivity index (χ3v) is 15.2. The summed E-state index contributed by atoms with van der Waals surface area (Å²) in [6.45, 7) is 4.15. The number of rotatable bonds is 57. The van der Waals surface area contributed by atoms with Gasteiger partial charge in [-0.25, -0.2) is 0 Å². The number of aliphatic hydroxyl groups is 5. The van der Waals surface area contributed by atoms with E-state index in [1.807, 2.05) is 6.08 Å². The summed E-state index contributed by atoms with van der Waals surface area (Å²) in [5.74, 6) is -0.214. The molecule has 0 aromatic heterocycles. The zero-order valence-electron chi connectivity index (χ0n) is 51.7. The Hall–Kier alpha value is -3.16. The van der Waals surface area contributed by atoms with Gasteiger partial charge in [0.25, 0.3) is 0 Å². The zero-order chi connectivity index (χ0) is 58.7. The Morgan fingerprint density at radius 3 is 1.35 bits per heavy atom. The Kier molecular flexibility index (Phi) is 54.9. The number of carbonyl (C=O) groups is 2. The molecule has 1 heterocycles. The van der Waals surface area contributed by atoms with E-state index in [4.69, 9.17) is 14.2 Å². The Morgan fingerprint density at radius 1 is 0.469 bits per heavy atom. The topological polar surface area (TPSA) is 175 Å². The number of nitrogens with one attached hydrogen (secondary N) is 1. The van der Waals surface area contributed by atoms with Gasteiger partial charge in [-0.05, 0) is 109 Å². The van der Waals surface area contributed by atoms with Crippen LogP contribution in [0.2, 0.25) is 0 Å². The van der Waals surface area contributed by atoms with Crippen molar-refractivity contribution in [1.82, 2.24) is 5.32 Å². The lowest BCUT2D eigenvalue weighted by atomic mass is 9.99. The van der Waals surface area contributed by atoms with Crippen molar-refractivity contribution in [1.29, 1.82) is 0 Å². The van der Waals surface area contributed by atoms with Gasteiger partial charge in [0.2, 0.25) is 5.91 Å². The van der Waals surface area contributed by atoms with Crippen LogP contribution in [0.3, 0.4) is 0 Å². The van der Waals surface area contributed by atoms with Crippen LogP contribution in [0.4, 0.5) is 0 Å². The molecule has 0 aromatic rings. The molecule has 6 N–H and O–H groups in total. The first-order valence-electron chi connectivity index (χ1n) is 33.4. The number of esters is 1. The van der Waals surface area contributed by atoms with E-state index in [1.165, 1.54) is 167 Å². The Labute approximate surface area is 495 Å².